The van der Waals surface area contributed by atoms with Gasteiger partial charge in [-0.1, -0.05) is 49.7 Å². The average Bonchev–Trinajstić information content (AvgIpc) is 2.78. The van der Waals surface area contributed by atoms with Gasteiger partial charge in [0, 0.05) is 21.8 Å². The molecule has 0 unspecified atom stereocenters. The third-order valence-electron chi connectivity index (χ3n) is 4.37. The zero-order valence-electron chi connectivity index (χ0n) is 13.5. The number of halogens is 1. The Kier molecular flexibility index (Phi) is 4.20. The van der Waals surface area contributed by atoms with Crippen molar-refractivity contribution in [1.29, 1.82) is 0 Å². The minimum Gasteiger partial charge on any atom is -0.375 e. The highest BCUT2D eigenvalue weighted by Crippen LogP contribution is 2.40. The van der Waals surface area contributed by atoms with Crippen molar-refractivity contribution in [2.45, 2.75) is 31.8 Å². The Balaban J connectivity index is 1.89. The number of amides is 1. The molecule has 1 amide bonds. The van der Waals surface area contributed by atoms with Gasteiger partial charge in [0.15, 0.2) is 11.4 Å². The van der Waals surface area contributed by atoms with Gasteiger partial charge in [0.1, 0.15) is 0 Å². The van der Waals surface area contributed by atoms with E-state index in [9.17, 15) is 14.7 Å². The van der Waals surface area contributed by atoms with Gasteiger partial charge in [0.25, 0.3) is 5.91 Å². The molecular formula is C19H18ClNO3. The van der Waals surface area contributed by atoms with E-state index in [1.54, 1.807) is 24.3 Å². The molecular weight excluding hydrogens is 326 g/mol. The summed E-state index contributed by atoms with van der Waals surface area (Å²) in [7, 11) is 0. The molecule has 124 valence electrons. The zero-order valence-corrected chi connectivity index (χ0v) is 14.2. The van der Waals surface area contributed by atoms with Crippen molar-refractivity contribution >= 4 is 29.0 Å². The SMILES string of the molecule is CC(C)c1ccc(C(=O)C[C@]2(O)C(=O)Nc3ccc(Cl)cc32)cc1. The molecule has 0 bridgehead atoms. The molecule has 1 aliphatic heterocycles. The molecule has 0 saturated carbocycles. The highest BCUT2D eigenvalue weighted by molar-refractivity contribution is 6.31. The van der Waals surface area contributed by atoms with Gasteiger partial charge in [0.2, 0.25) is 0 Å². The highest BCUT2D eigenvalue weighted by Gasteiger charge is 2.46. The molecule has 1 aliphatic rings. The Labute approximate surface area is 145 Å². The minimum atomic E-state index is -1.89. The first-order chi connectivity index (χ1) is 11.3. The second kappa shape index (κ2) is 6.04. The lowest BCUT2D eigenvalue weighted by Gasteiger charge is -2.20. The molecule has 0 aliphatic carbocycles. The Morgan fingerprint density at radius 3 is 2.50 bits per heavy atom. The van der Waals surface area contributed by atoms with Crippen molar-refractivity contribution in [1.82, 2.24) is 0 Å². The topological polar surface area (TPSA) is 66.4 Å². The van der Waals surface area contributed by atoms with E-state index in [0.29, 0.717) is 27.8 Å². The predicted molar refractivity (Wildman–Crippen MR) is 93.5 cm³/mol. The Morgan fingerprint density at radius 2 is 1.88 bits per heavy atom. The van der Waals surface area contributed by atoms with E-state index in [-0.39, 0.29) is 12.2 Å². The fourth-order valence-corrected chi connectivity index (χ4v) is 3.05. The number of carbonyl (C=O) groups excluding carboxylic acids is 2. The van der Waals surface area contributed by atoms with Crippen LogP contribution in [0.25, 0.3) is 0 Å². The summed E-state index contributed by atoms with van der Waals surface area (Å²) in [5.74, 6) is -0.532. The quantitative estimate of drug-likeness (QED) is 0.828. The van der Waals surface area contributed by atoms with Crippen LogP contribution >= 0.6 is 11.6 Å². The van der Waals surface area contributed by atoms with Crippen LogP contribution in [0.2, 0.25) is 5.02 Å². The molecule has 0 radical (unpaired) electrons. The summed E-state index contributed by atoms with van der Waals surface area (Å²) in [4.78, 5) is 24.8. The number of hydrogen-bond donors (Lipinski definition) is 2. The Bertz CT molecular complexity index is 814. The van der Waals surface area contributed by atoms with Gasteiger partial charge in [-0.05, 0) is 29.7 Å². The van der Waals surface area contributed by atoms with E-state index < -0.39 is 11.5 Å². The van der Waals surface area contributed by atoms with Crippen LogP contribution in [0.15, 0.2) is 42.5 Å². The van der Waals surface area contributed by atoms with E-state index in [4.69, 9.17) is 11.6 Å². The molecule has 2 aromatic rings. The van der Waals surface area contributed by atoms with Gasteiger partial charge in [-0.3, -0.25) is 9.59 Å². The van der Waals surface area contributed by atoms with Gasteiger partial charge in [-0.2, -0.15) is 0 Å². The summed E-state index contributed by atoms with van der Waals surface area (Å²) in [6, 6.07) is 12.0. The molecule has 5 heteroatoms. The Hall–Kier alpha value is -2.17. The Morgan fingerprint density at radius 1 is 1.21 bits per heavy atom. The number of rotatable bonds is 4. The normalized spacial score (nSPS) is 19.3. The number of nitrogens with one attached hydrogen (secondary N) is 1. The number of ketones is 1. The van der Waals surface area contributed by atoms with Crippen molar-refractivity contribution < 1.29 is 14.7 Å². The average molecular weight is 344 g/mol. The summed E-state index contributed by atoms with van der Waals surface area (Å²) in [6.45, 7) is 4.15. The molecule has 0 aromatic heterocycles. The molecule has 0 fully saturated rings. The third-order valence-corrected chi connectivity index (χ3v) is 4.60. The maximum absolute atomic E-state index is 12.6. The maximum atomic E-state index is 12.6. The van der Waals surface area contributed by atoms with Crippen molar-refractivity contribution in [2.24, 2.45) is 0 Å². The van der Waals surface area contributed by atoms with Crippen LogP contribution in [-0.2, 0) is 10.4 Å². The summed E-state index contributed by atoms with van der Waals surface area (Å²) in [5, 5.41) is 13.8. The van der Waals surface area contributed by atoms with Crippen LogP contribution in [0, 0.1) is 0 Å². The largest absolute Gasteiger partial charge is 0.375 e. The number of aliphatic hydroxyl groups is 1. The van der Waals surface area contributed by atoms with Crippen molar-refractivity contribution in [2.75, 3.05) is 5.32 Å². The summed E-state index contributed by atoms with van der Waals surface area (Å²) >= 11 is 5.96. The summed E-state index contributed by atoms with van der Waals surface area (Å²) in [6.07, 6.45) is -0.326. The van der Waals surface area contributed by atoms with Crippen LogP contribution in [-0.4, -0.2) is 16.8 Å². The van der Waals surface area contributed by atoms with Crippen LogP contribution in [0.1, 0.15) is 47.7 Å². The molecule has 3 rings (SSSR count). The fourth-order valence-electron chi connectivity index (χ4n) is 2.88. The molecule has 1 atom stereocenters. The van der Waals surface area contributed by atoms with Gasteiger partial charge in [-0.15, -0.1) is 0 Å². The lowest BCUT2D eigenvalue weighted by molar-refractivity contribution is -0.133. The van der Waals surface area contributed by atoms with Gasteiger partial charge >= 0.3 is 0 Å². The first kappa shape index (κ1) is 16.7. The van der Waals surface area contributed by atoms with Crippen molar-refractivity contribution in [3.8, 4) is 0 Å². The van der Waals surface area contributed by atoms with E-state index >= 15 is 0 Å². The predicted octanol–water partition coefficient (Wildman–Crippen LogP) is 3.88. The van der Waals surface area contributed by atoms with E-state index in [1.165, 1.54) is 6.07 Å². The van der Waals surface area contributed by atoms with Gasteiger partial charge < -0.3 is 10.4 Å². The van der Waals surface area contributed by atoms with E-state index in [1.807, 2.05) is 12.1 Å². The number of hydrogen-bond acceptors (Lipinski definition) is 3. The number of carbonyl (C=O) groups is 2. The maximum Gasteiger partial charge on any atom is 0.261 e. The molecule has 0 saturated heterocycles. The second-order valence-electron chi connectivity index (χ2n) is 6.38. The summed E-state index contributed by atoms with van der Waals surface area (Å²) in [5.41, 5.74) is 0.521. The van der Waals surface area contributed by atoms with Gasteiger partial charge in [-0.25, -0.2) is 0 Å². The first-order valence-corrected chi connectivity index (χ1v) is 8.16. The van der Waals surface area contributed by atoms with Crippen LogP contribution in [0.3, 0.4) is 0 Å². The lowest BCUT2D eigenvalue weighted by atomic mass is 9.87. The van der Waals surface area contributed by atoms with Crippen LogP contribution < -0.4 is 5.32 Å². The molecule has 1 heterocycles. The lowest BCUT2D eigenvalue weighted by Crippen LogP contribution is -2.36. The minimum absolute atomic E-state index is 0.296. The highest BCUT2D eigenvalue weighted by atomic mass is 35.5. The third kappa shape index (κ3) is 2.83. The molecule has 0 spiro atoms. The number of fused-ring (bicyclic) bond motifs is 1. The van der Waals surface area contributed by atoms with Crippen molar-refractivity contribution in [3.63, 3.8) is 0 Å². The number of Topliss-reactive ketones (excluding diaryl/α,β-unsaturated/α-hetero) is 1. The molecule has 4 nitrogen and oxygen atoms in total. The van der Waals surface area contributed by atoms with Crippen LogP contribution in [0.4, 0.5) is 5.69 Å². The number of anilines is 1. The molecule has 2 aromatic carbocycles. The smallest absolute Gasteiger partial charge is 0.261 e. The zero-order chi connectivity index (χ0) is 17.5. The first-order valence-electron chi connectivity index (χ1n) is 7.78. The standard InChI is InChI=1S/C19H18ClNO3/c1-11(2)12-3-5-13(6-4-12)17(22)10-19(24)15-9-14(20)7-8-16(15)21-18(19)23/h3-9,11,24H,10H2,1-2H3,(H,21,23)/t19-/m1/s1. The molecule has 2 N–H and O–H groups in total. The van der Waals surface area contributed by atoms with E-state index in [2.05, 4.69) is 19.2 Å². The second-order valence-corrected chi connectivity index (χ2v) is 6.82. The van der Waals surface area contributed by atoms with Gasteiger partial charge in [0.05, 0.1) is 6.42 Å². The van der Waals surface area contributed by atoms with Crippen molar-refractivity contribution in [3.05, 3.63) is 64.2 Å². The monoisotopic (exact) mass is 343 g/mol. The molecule has 24 heavy (non-hydrogen) atoms. The van der Waals surface area contributed by atoms with E-state index in [0.717, 1.165) is 5.56 Å². The fraction of sp³-hybridized carbons (Fsp3) is 0.263. The summed E-state index contributed by atoms with van der Waals surface area (Å²) < 4.78 is 0. The van der Waals surface area contributed by atoms with Crippen LogP contribution in [0.5, 0.6) is 0 Å². The number of benzene rings is 2.